The van der Waals surface area contributed by atoms with Crippen LogP contribution in [0.1, 0.15) is 19.3 Å². The summed E-state index contributed by atoms with van der Waals surface area (Å²) in [5.41, 5.74) is 0. The summed E-state index contributed by atoms with van der Waals surface area (Å²) < 4.78 is 22.0. The molecule has 1 rings (SSSR count). The summed E-state index contributed by atoms with van der Waals surface area (Å²) >= 11 is 0. The smallest absolute Gasteiger partial charge is 0.165 e. The molecule has 1 heterocycles. The molecule has 0 saturated carbocycles. The van der Waals surface area contributed by atoms with E-state index in [0.29, 0.717) is 13.0 Å². The monoisotopic (exact) mass is 179 g/mol. The van der Waals surface area contributed by atoms with Crippen LogP contribution in [0.3, 0.4) is 0 Å². The topological polar surface area (TPSA) is 57.6 Å². The Morgan fingerprint density at radius 2 is 2.09 bits per heavy atom. The molecule has 0 spiro atoms. The van der Waals surface area contributed by atoms with Crippen molar-refractivity contribution in [3.63, 3.8) is 0 Å². The third kappa shape index (κ3) is 2.15. The normalized spacial score (nSPS) is 28.7. The van der Waals surface area contributed by atoms with Crippen LogP contribution >= 0.6 is 0 Å². The van der Waals surface area contributed by atoms with Gasteiger partial charge in [-0.2, -0.15) is 5.06 Å². The highest BCUT2D eigenvalue weighted by Crippen LogP contribution is 2.18. The first-order valence-electron chi connectivity index (χ1n) is 3.66. The summed E-state index contributed by atoms with van der Waals surface area (Å²) in [5, 5.41) is 9.42. The van der Waals surface area contributed by atoms with Gasteiger partial charge in [-0.05, 0) is 19.3 Å². The molecule has 1 atom stereocenters. The highest BCUT2D eigenvalue weighted by Gasteiger charge is 2.29. The zero-order chi connectivity index (χ0) is 8.48. The van der Waals surface area contributed by atoms with E-state index in [9.17, 15) is 8.42 Å². The summed E-state index contributed by atoms with van der Waals surface area (Å²) in [5.74, 6) is 0. The van der Waals surface area contributed by atoms with Gasteiger partial charge in [0.15, 0.2) is 9.84 Å². The van der Waals surface area contributed by atoms with Crippen molar-refractivity contribution in [3.8, 4) is 0 Å². The van der Waals surface area contributed by atoms with Gasteiger partial charge in [-0.3, -0.25) is 0 Å². The lowest BCUT2D eigenvalue weighted by atomic mass is 10.2. The van der Waals surface area contributed by atoms with E-state index in [-0.39, 0.29) is 0 Å². The van der Waals surface area contributed by atoms with Crippen molar-refractivity contribution in [1.82, 2.24) is 5.06 Å². The molecule has 0 bridgehead atoms. The number of hydroxylamine groups is 2. The SMILES string of the molecule is CS(=O)(=O)C1CCCCN1O. The number of hydrogen-bond acceptors (Lipinski definition) is 4. The Hall–Kier alpha value is -0.130. The van der Waals surface area contributed by atoms with E-state index in [1.54, 1.807) is 0 Å². The molecule has 1 unspecified atom stereocenters. The molecule has 0 aromatic rings. The third-order valence-corrected chi connectivity index (χ3v) is 3.38. The molecule has 0 aromatic carbocycles. The van der Waals surface area contributed by atoms with Crippen LogP contribution in [0.25, 0.3) is 0 Å². The number of rotatable bonds is 1. The summed E-state index contributed by atoms with van der Waals surface area (Å²) in [6.07, 6.45) is 3.47. The molecule has 0 radical (unpaired) electrons. The first kappa shape index (κ1) is 8.96. The van der Waals surface area contributed by atoms with E-state index in [2.05, 4.69) is 0 Å². The van der Waals surface area contributed by atoms with Crippen molar-refractivity contribution < 1.29 is 13.6 Å². The van der Waals surface area contributed by atoms with Crippen LogP contribution in [0.5, 0.6) is 0 Å². The molecule has 0 aromatic heterocycles. The molecule has 1 aliphatic heterocycles. The molecule has 1 saturated heterocycles. The van der Waals surface area contributed by atoms with Gasteiger partial charge in [-0.1, -0.05) is 0 Å². The Balaban J connectivity index is 2.70. The summed E-state index contributed by atoms with van der Waals surface area (Å²) in [6, 6.07) is 0. The second-order valence-electron chi connectivity index (χ2n) is 2.94. The van der Waals surface area contributed by atoms with Crippen molar-refractivity contribution in [2.45, 2.75) is 24.6 Å². The van der Waals surface area contributed by atoms with Gasteiger partial charge in [-0.25, -0.2) is 8.42 Å². The Morgan fingerprint density at radius 1 is 1.45 bits per heavy atom. The maximum absolute atomic E-state index is 11.0. The standard InChI is InChI=1S/C6H13NO3S/c1-11(9,10)6-4-2-3-5-7(6)8/h6,8H,2-5H2,1H3. The summed E-state index contributed by atoms with van der Waals surface area (Å²) in [6.45, 7) is 0.470. The van der Waals surface area contributed by atoms with Gasteiger partial charge in [0, 0.05) is 12.8 Å². The fourth-order valence-corrected chi connectivity index (χ4v) is 2.46. The Bertz CT molecular complexity index is 224. The molecule has 66 valence electrons. The van der Waals surface area contributed by atoms with E-state index in [0.717, 1.165) is 24.2 Å². The van der Waals surface area contributed by atoms with E-state index in [1.807, 2.05) is 0 Å². The predicted molar refractivity (Wildman–Crippen MR) is 41.0 cm³/mol. The molecule has 0 aliphatic carbocycles. The minimum Gasteiger partial charge on any atom is -0.313 e. The number of hydrogen-bond donors (Lipinski definition) is 1. The number of piperidine rings is 1. The van der Waals surface area contributed by atoms with Gasteiger partial charge < -0.3 is 5.21 Å². The molecule has 11 heavy (non-hydrogen) atoms. The first-order chi connectivity index (χ1) is 5.02. The van der Waals surface area contributed by atoms with Gasteiger partial charge in [0.1, 0.15) is 5.37 Å². The minimum absolute atomic E-state index is 0.470. The average molecular weight is 179 g/mol. The second kappa shape index (κ2) is 3.08. The Kier molecular flexibility index (Phi) is 2.51. The van der Waals surface area contributed by atoms with Crippen molar-refractivity contribution in [2.24, 2.45) is 0 Å². The first-order valence-corrected chi connectivity index (χ1v) is 5.61. The fraction of sp³-hybridized carbons (Fsp3) is 1.00. The molecular weight excluding hydrogens is 166 g/mol. The van der Waals surface area contributed by atoms with Crippen LogP contribution in [0.2, 0.25) is 0 Å². The van der Waals surface area contributed by atoms with Gasteiger partial charge in [0.2, 0.25) is 0 Å². The van der Waals surface area contributed by atoms with E-state index in [1.165, 1.54) is 0 Å². The average Bonchev–Trinajstić information content (AvgIpc) is 1.86. The van der Waals surface area contributed by atoms with Crippen LogP contribution in [-0.4, -0.2) is 36.9 Å². The van der Waals surface area contributed by atoms with Gasteiger partial charge in [-0.15, -0.1) is 0 Å². The second-order valence-corrected chi connectivity index (χ2v) is 5.15. The van der Waals surface area contributed by atoms with Crippen LogP contribution in [0.4, 0.5) is 0 Å². The van der Waals surface area contributed by atoms with Gasteiger partial charge >= 0.3 is 0 Å². The summed E-state index contributed by atoms with van der Waals surface area (Å²) in [7, 11) is -3.10. The maximum Gasteiger partial charge on any atom is 0.165 e. The summed E-state index contributed by atoms with van der Waals surface area (Å²) in [4.78, 5) is 0. The van der Waals surface area contributed by atoms with Crippen LogP contribution in [0.15, 0.2) is 0 Å². The minimum atomic E-state index is -3.10. The number of nitrogens with zero attached hydrogens (tertiary/aromatic N) is 1. The molecule has 1 aliphatic rings. The van der Waals surface area contributed by atoms with Crippen LogP contribution in [0, 0.1) is 0 Å². The quantitative estimate of drug-likeness (QED) is 0.626. The van der Waals surface area contributed by atoms with Crippen molar-refractivity contribution >= 4 is 9.84 Å². The van der Waals surface area contributed by atoms with Gasteiger partial charge in [0.25, 0.3) is 0 Å². The zero-order valence-corrected chi connectivity index (χ0v) is 7.34. The number of sulfone groups is 1. The molecule has 1 N–H and O–H groups in total. The molecule has 4 nitrogen and oxygen atoms in total. The maximum atomic E-state index is 11.0. The highest BCUT2D eigenvalue weighted by atomic mass is 32.2. The van der Waals surface area contributed by atoms with Crippen molar-refractivity contribution in [1.29, 1.82) is 0 Å². The molecular formula is C6H13NO3S. The van der Waals surface area contributed by atoms with Crippen LogP contribution in [-0.2, 0) is 9.84 Å². The van der Waals surface area contributed by atoms with E-state index >= 15 is 0 Å². The van der Waals surface area contributed by atoms with Crippen LogP contribution < -0.4 is 0 Å². The van der Waals surface area contributed by atoms with Gasteiger partial charge in [0.05, 0.1) is 0 Å². The lowest BCUT2D eigenvalue weighted by Gasteiger charge is -2.28. The zero-order valence-electron chi connectivity index (χ0n) is 6.52. The lowest BCUT2D eigenvalue weighted by molar-refractivity contribution is -0.117. The fourth-order valence-electron chi connectivity index (χ4n) is 1.32. The third-order valence-electron chi connectivity index (χ3n) is 1.91. The van der Waals surface area contributed by atoms with Crippen molar-refractivity contribution in [2.75, 3.05) is 12.8 Å². The van der Waals surface area contributed by atoms with E-state index in [4.69, 9.17) is 5.21 Å². The molecule has 0 amide bonds. The Morgan fingerprint density at radius 3 is 2.45 bits per heavy atom. The van der Waals surface area contributed by atoms with Crippen molar-refractivity contribution in [3.05, 3.63) is 0 Å². The lowest BCUT2D eigenvalue weighted by Crippen LogP contribution is -2.41. The molecule has 5 heteroatoms. The molecule has 1 fully saturated rings. The highest BCUT2D eigenvalue weighted by molar-refractivity contribution is 7.91. The largest absolute Gasteiger partial charge is 0.313 e. The van der Waals surface area contributed by atoms with E-state index < -0.39 is 15.2 Å². The predicted octanol–water partition coefficient (Wildman–Crippen LogP) is 0.232. The Labute approximate surface area is 66.7 Å².